The topological polar surface area (TPSA) is 96.4 Å². The second kappa shape index (κ2) is 6.04. The first-order valence-corrected chi connectivity index (χ1v) is 8.75. The molecule has 3 aliphatic rings. The highest BCUT2D eigenvalue weighted by atomic mass is 19.1. The van der Waals surface area contributed by atoms with Crippen molar-refractivity contribution in [2.45, 2.75) is 0 Å². The third kappa shape index (κ3) is 2.80. The van der Waals surface area contributed by atoms with Crippen molar-refractivity contribution in [1.29, 1.82) is 0 Å². The van der Waals surface area contributed by atoms with E-state index in [0.29, 0.717) is 31.9 Å². The monoisotopic (exact) mass is 380 g/mol. The van der Waals surface area contributed by atoms with Crippen LogP contribution in [0.1, 0.15) is 10.4 Å². The van der Waals surface area contributed by atoms with Crippen molar-refractivity contribution >= 4 is 23.1 Å². The molecule has 0 aromatic heterocycles. The number of halogens is 1. The first-order valence-electron chi connectivity index (χ1n) is 8.75. The van der Waals surface area contributed by atoms with E-state index in [-0.39, 0.29) is 34.9 Å². The lowest BCUT2D eigenvalue weighted by Gasteiger charge is -2.47. The van der Waals surface area contributed by atoms with E-state index in [2.05, 4.69) is 0 Å². The third-order valence-corrected chi connectivity index (χ3v) is 5.49. The molecule has 1 N–H and O–H groups in total. The zero-order chi connectivity index (χ0) is 19.5. The Hall–Kier alpha value is -2.43. The van der Waals surface area contributed by atoms with Crippen molar-refractivity contribution in [3.05, 3.63) is 22.7 Å². The minimum atomic E-state index is -1.26. The number of carbonyl (C=O) groups excluding carboxylic acids is 1. The van der Waals surface area contributed by atoms with Gasteiger partial charge in [-0.2, -0.15) is 5.01 Å². The lowest BCUT2D eigenvalue weighted by Crippen LogP contribution is -2.55. The number of ketones is 1. The highest BCUT2D eigenvalue weighted by Crippen LogP contribution is 2.48. The summed E-state index contributed by atoms with van der Waals surface area (Å²) in [5.41, 5.74) is 0.638. The molecule has 0 radical (unpaired) electrons. The number of nitrogens with zero attached hydrogens (tertiary/aromatic N) is 4. The summed E-state index contributed by atoms with van der Waals surface area (Å²) in [4.78, 5) is 25.9. The predicted molar refractivity (Wildman–Crippen MR) is 94.0 cm³/mol. The largest absolute Gasteiger partial charge is 0.633 e. The molecule has 1 atom stereocenters. The number of hydroxylamine groups is 3. The van der Waals surface area contributed by atoms with E-state index in [4.69, 9.17) is 4.74 Å². The number of carbonyl (C=O) groups is 2. The number of rotatable bonds is 2. The van der Waals surface area contributed by atoms with Crippen LogP contribution in [0, 0.1) is 16.9 Å². The van der Waals surface area contributed by atoms with Crippen LogP contribution in [0.2, 0.25) is 0 Å². The maximum atomic E-state index is 15.0. The molecule has 146 valence electrons. The van der Waals surface area contributed by atoms with E-state index < -0.39 is 23.5 Å². The number of benzene rings is 1. The molecule has 3 aliphatic heterocycles. The van der Waals surface area contributed by atoms with Crippen molar-refractivity contribution in [3.8, 4) is 5.75 Å². The van der Waals surface area contributed by atoms with Crippen LogP contribution in [0.5, 0.6) is 5.75 Å². The minimum Gasteiger partial charge on any atom is -0.633 e. The van der Waals surface area contributed by atoms with Gasteiger partial charge in [0.15, 0.2) is 24.1 Å². The summed E-state index contributed by atoms with van der Waals surface area (Å²) < 4.78 is 20.4. The van der Waals surface area contributed by atoms with Gasteiger partial charge in [0.05, 0.1) is 45.3 Å². The molecule has 1 unspecified atom stereocenters. The molecule has 1 fully saturated rings. The minimum absolute atomic E-state index is 0.0119. The van der Waals surface area contributed by atoms with Crippen molar-refractivity contribution in [3.63, 3.8) is 0 Å². The number of aliphatic carboxylic acids is 1. The average Bonchev–Trinajstić information content (AvgIpc) is 2.60. The molecule has 1 saturated heterocycles. The second-order valence-corrected chi connectivity index (χ2v) is 7.43. The van der Waals surface area contributed by atoms with E-state index in [0.717, 1.165) is 6.07 Å². The standard InChI is InChI=1S/C17H21FN4O5/c1-19-9-27-16-13-10(15(23)11(17(24)25)8-21(13)19)7-12(18)14(16)20-3-5-22(2,26)6-4-20/h7,11H,3-6,8-9H2,1-2H3,(H,24,25). The van der Waals surface area contributed by atoms with Gasteiger partial charge in [-0.25, -0.2) is 4.39 Å². The fourth-order valence-electron chi connectivity index (χ4n) is 3.86. The number of anilines is 2. The molecule has 1 aromatic rings. The number of ether oxygens (including phenoxy) is 1. The van der Waals surface area contributed by atoms with E-state index in [1.807, 2.05) is 0 Å². The SMILES string of the molecule is CN1COc2c(N3CC[N+](C)([O-])CC3)c(F)cc3c2N1CC(C(=O)O)C3=O. The van der Waals surface area contributed by atoms with Gasteiger partial charge in [-0.05, 0) is 6.07 Å². The van der Waals surface area contributed by atoms with Crippen LogP contribution in [0.25, 0.3) is 0 Å². The van der Waals surface area contributed by atoms with E-state index in [1.54, 1.807) is 29.0 Å². The number of likely N-dealkylation sites (N-methyl/N-ethyl adjacent to an activating group) is 1. The van der Waals surface area contributed by atoms with Gasteiger partial charge in [-0.1, -0.05) is 0 Å². The van der Waals surface area contributed by atoms with Crippen molar-refractivity contribution < 1.29 is 28.5 Å². The summed E-state index contributed by atoms with van der Waals surface area (Å²) in [6.07, 6.45) is 0. The van der Waals surface area contributed by atoms with E-state index in [1.165, 1.54) is 0 Å². The Labute approximate surface area is 155 Å². The first kappa shape index (κ1) is 18.0. The molecule has 4 rings (SSSR count). The number of carboxylic acid groups (broad SMARTS) is 1. The zero-order valence-corrected chi connectivity index (χ0v) is 15.1. The molecular formula is C17H21FN4O5. The number of hydrazine groups is 1. The molecule has 0 spiro atoms. The number of carboxylic acids is 1. The number of piperazine rings is 1. The normalized spacial score (nSPS) is 24.4. The van der Waals surface area contributed by atoms with Crippen molar-refractivity contribution in [2.75, 3.05) is 63.5 Å². The summed E-state index contributed by atoms with van der Waals surface area (Å²) in [5.74, 6) is -3.52. The molecule has 0 amide bonds. The van der Waals surface area contributed by atoms with Crippen LogP contribution in [-0.4, -0.2) is 80.1 Å². The number of Topliss-reactive ketones (excluding diaryl/α,β-unsaturated/α-hetero) is 1. The highest BCUT2D eigenvalue weighted by molar-refractivity contribution is 6.14. The molecular weight excluding hydrogens is 359 g/mol. The van der Waals surface area contributed by atoms with Crippen molar-refractivity contribution in [2.24, 2.45) is 5.92 Å². The second-order valence-electron chi connectivity index (χ2n) is 7.43. The van der Waals surface area contributed by atoms with Gasteiger partial charge in [0.25, 0.3) is 0 Å². The van der Waals surface area contributed by atoms with Gasteiger partial charge in [0.1, 0.15) is 17.3 Å². The Bertz CT molecular complexity index is 820. The Morgan fingerprint density at radius 3 is 2.67 bits per heavy atom. The lowest BCUT2D eigenvalue weighted by molar-refractivity contribution is -0.861. The predicted octanol–water partition coefficient (Wildman–Crippen LogP) is 0.490. The number of quaternary nitrogens is 1. The molecule has 0 saturated carbocycles. The quantitative estimate of drug-likeness (QED) is 0.450. The van der Waals surface area contributed by atoms with Crippen LogP contribution < -0.4 is 14.6 Å². The molecule has 10 heteroatoms. The lowest BCUT2D eigenvalue weighted by atomic mass is 9.90. The van der Waals surface area contributed by atoms with Gasteiger partial charge in [-0.3, -0.25) is 14.6 Å². The maximum absolute atomic E-state index is 15.0. The number of hydrogen-bond acceptors (Lipinski definition) is 7. The highest BCUT2D eigenvalue weighted by Gasteiger charge is 2.44. The smallest absolute Gasteiger partial charge is 0.316 e. The van der Waals surface area contributed by atoms with E-state index >= 15 is 4.39 Å². The Morgan fingerprint density at radius 2 is 2.04 bits per heavy atom. The molecule has 27 heavy (non-hydrogen) atoms. The van der Waals surface area contributed by atoms with Gasteiger partial charge in [-0.15, -0.1) is 0 Å². The van der Waals surface area contributed by atoms with Crippen LogP contribution >= 0.6 is 0 Å². The van der Waals surface area contributed by atoms with Gasteiger partial charge >= 0.3 is 5.97 Å². The fraction of sp³-hybridized carbons (Fsp3) is 0.529. The molecule has 0 bridgehead atoms. The Kier molecular flexibility index (Phi) is 4.02. The van der Waals surface area contributed by atoms with Crippen LogP contribution in [0.3, 0.4) is 0 Å². The molecule has 1 aromatic carbocycles. The summed E-state index contributed by atoms with van der Waals surface area (Å²) in [6.45, 7) is 1.45. The summed E-state index contributed by atoms with van der Waals surface area (Å²) in [5, 5.41) is 24.8. The summed E-state index contributed by atoms with van der Waals surface area (Å²) in [7, 11) is 3.30. The van der Waals surface area contributed by atoms with Crippen LogP contribution in [0.15, 0.2) is 6.07 Å². The van der Waals surface area contributed by atoms with Crippen LogP contribution in [-0.2, 0) is 4.79 Å². The van der Waals surface area contributed by atoms with Gasteiger partial charge in [0.2, 0.25) is 0 Å². The summed E-state index contributed by atoms with van der Waals surface area (Å²) >= 11 is 0. The zero-order valence-electron chi connectivity index (χ0n) is 15.1. The Morgan fingerprint density at radius 1 is 1.37 bits per heavy atom. The fourth-order valence-corrected chi connectivity index (χ4v) is 3.86. The maximum Gasteiger partial charge on any atom is 0.316 e. The van der Waals surface area contributed by atoms with Gasteiger partial charge < -0.3 is 24.6 Å². The average molecular weight is 380 g/mol. The summed E-state index contributed by atoms with van der Waals surface area (Å²) in [6, 6.07) is 1.10. The molecule has 9 nitrogen and oxygen atoms in total. The van der Waals surface area contributed by atoms with Crippen molar-refractivity contribution in [1.82, 2.24) is 5.01 Å². The van der Waals surface area contributed by atoms with E-state index in [9.17, 15) is 19.9 Å². The first-order chi connectivity index (χ1) is 12.7. The molecule has 3 heterocycles. The van der Waals surface area contributed by atoms with Crippen LogP contribution in [0.4, 0.5) is 15.8 Å². The third-order valence-electron chi connectivity index (χ3n) is 5.49. The Balaban J connectivity index is 1.82. The molecule has 0 aliphatic carbocycles. The number of hydrogen-bond donors (Lipinski definition) is 1. The van der Waals surface area contributed by atoms with Gasteiger partial charge in [0, 0.05) is 7.05 Å².